The number of nitrogens with zero attached hydrogens (tertiary/aromatic N) is 3. The summed E-state index contributed by atoms with van der Waals surface area (Å²) in [5.41, 5.74) is 1.41. The van der Waals surface area contributed by atoms with Crippen LogP contribution >= 0.6 is 0 Å². The fraction of sp³-hybridized carbons (Fsp3) is 0.500. The zero-order valence-corrected chi connectivity index (χ0v) is 10.8. The van der Waals surface area contributed by atoms with Crippen LogP contribution < -0.4 is 16.9 Å². The van der Waals surface area contributed by atoms with Crippen molar-refractivity contribution < 1.29 is 17.3 Å². The molecule has 98 valence electrons. The van der Waals surface area contributed by atoms with Crippen molar-refractivity contribution in [3.63, 3.8) is 0 Å². The summed E-state index contributed by atoms with van der Waals surface area (Å²) in [6.07, 6.45) is 0. The first kappa shape index (κ1) is 13.3. The summed E-state index contributed by atoms with van der Waals surface area (Å²) in [5, 5.41) is 10.6. The lowest BCUT2D eigenvalue weighted by molar-refractivity contribution is -0.384. The Morgan fingerprint density at radius 1 is 1.06 bits per heavy atom. The van der Waals surface area contributed by atoms with Crippen LogP contribution in [0.4, 0.5) is 11.4 Å². The lowest BCUT2D eigenvalue weighted by Crippen LogP contribution is -3.00. The Labute approximate surface area is 112 Å². The molecule has 0 unspecified atom stereocenters. The van der Waals surface area contributed by atoms with E-state index >= 15 is 0 Å². The highest BCUT2D eigenvalue weighted by Crippen LogP contribution is 2.30. The fourth-order valence-corrected chi connectivity index (χ4v) is 2.95. The molecule has 0 radical (unpaired) electrons. The quantitative estimate of drug-likeness (QED) is 0.363. The third-order valence-corrected chi connectivity index (χ3v) is 4.14. The first-order valence-corrected chi connectivity index (χ1v) is 6.03. The maximum atomic E-state index is 10.6. The molecule has 2 bridgehead atoms. The molecule has 3 heterocycles. The van der Waals surface area contributed by atoms with E-state index in [1.807, 2.05) is 12.1 Å². The minimum absolute atomic E-state index is 0. The van der Waals surface area contributed by atoms with Crippen molar-refractivity contribution in [2.75, 3.05) is 39.3 Å². The number of hydrogen-bond acceptors (Lipinski definition) is 3. The van der Waals surface area contributed by atoms with Crippen LogP contribution in [0.3, 0.4) is 0 Å². The Morgan fingerprint density at radius 2 is 1.56 bits per heavy atom. The zero-order valence-electron chi connectivity index (χ0n) is 10.1. The molecule has 3 fully saturated rings. The van der Waals surface area contributed by atoms with Gasteiger partial charge in [0.2, 0.25) is 0 Å². The number of fused-ring (bicyclic) bond motifs is 3. The third-order valence-electron chi connectivity index (χ3n) is 4.14. The fourth-order valence-electron chi connectivity index (χ4n) is 2.95. The van der Waals surface area contributed by atoms with Crippen LogP contribution in [-0.2, 0) is 0 Å². The minimum Gasteiger partial charge on any atom is -1.00 e. The number of hydrogen-bond donors (Lipinski definition) is 0. The van der Waals surface area contributed by atoms with Crippen LogP contribution in [0.15, 0.2) is 24.3 Å². The molecule has 1 aromatic rings. The van der Waals surface area contributed by atoms with Gasteiger partial charge in [-0.1, -0.05) is 0 Å². The molecule has 1 aromatic carbocycles. The van der Waals surface area contributed by atoms with Crippen LogP contribution in [-0.4, -0.2) is 49.1 Å². The molecule has 4 rings (SSSR count). The first-order valence-electron chi connectivity index (χ1n) is 6.03. The average molecular weight is 270 g/mol. The molecule has 0 aromatic heterocycles. The van der Waals surface area contributed by atoms with Gasteiger partial charge in [0.05, 0.1) is 24.6 Å². The summed E-state index contributed by atoms with van der Waals surface area (Å²) in [4.78, 5) is 12.8. The maximum Gasteiger partial charge on any atom is 0.269 e. The highest BCUT2D eigenvalue weighted by Gasteiger charge is 2.40. The summed E-state index contributed by atoms with van der Waals surface area (Å²) >= 11 is 0. The topological polar surface area (TPSA) is 46.4 Å². The second-order valence-electron chi connectivity index (χ2n) is 4.93. The Kier molecular flexibility index (Phi) is 3.56. The van der Waals surface area contributed by atoms with Crippen LogP contribution in [0.25, 0.3) is 0 Å². The second-order valence-corrected chi connectivity index (χ2v) is 4.93. The molecule has 5 nitrogen and oxygen atoms in total. The van der Waals surface area contributed by atoms with Crippen LogP contribution in [0.5, 0.6) is 0 Å². The Bertz CT molecular complexity index is 427. The standard InChI is InChI=1S/C12H16N3O2.ClH/c16-14(17)11-1-3-12(4-2-11)15-8-5-13(6-9-15)7-10-15;/h1-4H,5-10H2;1H/q+1;/p-1. The highest BCUT2D eigenvalue weighted by atomic mass is 35.5. The van der Waals surface area contributed by atoms with E-state index in [0.29, 0.717) is 0 Å². The van der Waals surface area contributed by atoms with E-state index in [-0.39, 0.29) is 23.0 Å². The number of quaternary nitrogens is 1. The van der Waals surface area contributed by atoms with Crippen molar-refractivity contribution >= 4 is 11.4 Å². The summed E-state index contributed by atoms with van der Waals surface area (Å²) in [5.74, 6) is 0. The maximum absolute atomic E-state index is 10.6. The van der Waals surface area contributed by atoms with E-state index in [1.54, 1.807) is 12.1 Å². The van der Waals surface area contributed by atoms with E-state index < -0.39 is 0 Å². The minimum atomic E-state index is -0.335. The average Bonchev–Trinajstić information content (AvgIpc) is 2.41. The lowest BCUT2D eigenvalue weighted by Gasteiger charge is -2.50. The van der Waals surface area contributed by atoms with Crippen molar-refractivity contribution in [3.05, 3.63) is 34.4 Å². The molecule has 0 N–H and O–H groups in total. The highest BCUT2D eigenvalue weighted by molar-refractivity contribution is 5.49. The van der Waals surface area contributed by atoms with Crippen molar-refractivity contribution in [3.8, 4) is 0 Å². The smallest absolute Gasteiger partial charge is 0.269 e. The molecule has 0 atom stereocenters. The zero-order chi connectivity index (χ0) is 11.9. The van der Waals surface area contributed by atoms with E-state index in [9.17, 15) is 10.1 Å². The molecular weight excluding hydrogens is 254 g/mol. The summed E-state index contributed by atoms with van der Waals surface area (Å²) in [6.45, 7) is 6.86. The Hall–Kier alpha value is -1.17. The summed E-state index contributed by atoms with van der Waals surface area (Å²) in [7, 11) is 0. The molecule has 3 aliphatic heterocycles. The van der Waals surface area contributed by atoms with Crippen LogP contribution in [0.1, 0.15) is 0 Å². The van der Waals surface area contributed by atoms with Gasteiger partial charge in [0, 0.05) is 43.9 Å². The Morgan fingerprint density at radius 3 is 2.00 bits per heavy atom. The van der Waals surface area contributed by atoms with E-state index in [0.717, 1.165) is 43.8 Å². The molecule has 6 heteroatoms. The predicted molar refractivity (Wildman–Crippen MR) is 65.9 cm³/mol. The molecule has 0 amide bonds. The predicted octanol–water partition coefficient (Wildman–Crippen LogP) is -1.76. The van der Waals surface area contributed by atoms with Gasteiger partial charge >= 0.3 is 0 Å². The van der Waals surface area contributed by atoms with Gasteiger partial charge in [0.1, 0.15) is 5.69 Å². The molecule has 0 saturated carbocycles. The van der Waals surface area contributed by atoms with Gasteiger partial charge in [-0.2, -0.15) is 0 Å². The largest absolute Gasteiger partial charge is 1.00 e. The van der Waals surface area contributed by atoms with Crippen molar-refractivity contribution in [2.24, 2.45) is 0 Å². The molecule has 0 spiro atoms. The monoisotopic (exact) mass is 269 g/mol. The molecule has 0 aliphatic carbocycles. The summed E-state index contributed by atoms with van der Waals surface area (Å²) in [6, 6.07) is 7.12. The number of nitro benzene ring substituents is 1. The van der Waals surface area contributed by atoms with Gasteiger partial charge in [-0.25, -0.2) is 0 Å². The number of piperazine rings is 3. The van der Waals surface area contributed by atoms with Crippen molar-refractivity contribution in [2.45, 2.75) is 0 Å². The Balaban J connectivity index is 0.00000120. The van der Waals surface area contributed by atoms with Crippen molar-refractivity contribution in [1.29, 1.82) is 0 Å². The molecule has 3 aliphatic rings. The number of halogens is 1. The van der Waals surface area contributed by atoms with Gasteiger partial charge in [0.15, 0.2) is 0 Å². The van der Waals surface area contributed by atoms with Gasteiger partial charge in [0.25, 0.3) is 5.69 Å². The van der Waals surface area contributed by atoms with E-state index in [1.165, 1.54) is 5.69 Å². The molecular formula is C12H16ClN3O2. The van der Waals surface area contributed by atoms with Crippen LogP contribution in [0.2, 0.25) is 0 Å². The number of nitro groups is 1. The first-order chi connectivity index (χ1) is 8.20. The number of non-ortho nitro benzene ring substituents is 1. The van der Waals surface area contributed by atoms with Gasteiger partial charge in [-0.15, -0.1) is 0 Å². The normalized spacial score (nSPS) is 29.7. The lowest BCUT2D eigenvalue weighted by atomic mass is 10.1. The molecule has 18 heavy (non-hydrogen) atoms. The number of benzene rings is 1. The number of rotatable bonds is 2. The van der Waals surface area contributed by atoms with Gasteiger partial charge in [-0.3, -0.25) is 19.5 Å². The van der Waals surface area contributed by atoms with E-state index in [4.69, 9.17) is 0 Å². The van der Waals surface area contributed by atoms with Gasteiger partial charge < -0.3 is 12.4 Å². The van der Waals surface area contributed by atoms with Crippen LogP contribution in [0, 0.1) is 10.1 Å². The van der Waals surface area contributed by atoms with Gasteiger partial charge in [-0.05, 0) is 0 Å². The van der Waals surface area contributed by atoms with E-state index in [2.05, 4.69) is 4.90 Å². The molecule has 3 saturated heterocycles. The second kappa shape index (κ2) is 4.84. The van der Waals surface area contributed by atoms with Crippen molar-refractivity contribution in [1.82, 2.24) is 9.38 Å². The summed E-state index contributed by atoms with van der Waals surface area (Å²) < 4.78 is 1.01. The SMILES string of the molecule is O=[N+]([O-])c1ccc([N+]23CCN(CC2)CC3)cc1.[Cl-]. The third kappa shape index (κ3) is 2.09.